The molecule has 6 N–H and O–H groups in total. The molecular formula is C17H29N3O5S2. The summed E-state index contributed by atoms with van der Waals surface area (Å²) >= 11 is 0. The maximum absolute atomic E-state index is 9.76. The van der Waals surface area contributed by atoms with Crippen LogP contribution in [0.2, 0.25) is 0 Å². The Morgan fingerprint density at radius 3 is 2.85 bits per heavy atom. The summed E-state index contributed by atoms with van der Waals surface area (Å²) in [6, 6.07) is 4.65. The number of nitrogens with one attached hydrogen (secondary N) is 1. The first-order valence-corrected chi connectivity index (χ1v) is 11.5. The van der Waals surface area contributed by atoms with Gasteiger partial charge in [0.25, 0.3) is 0 Å². The van der Waals surface area contributed by atoms with Crippen molar-refractivity contribution >= 4 is 21.6 Å². The molecule has 2 atom stereocenters. The summed E-state index contributed by atoms with van der Waals surface area (Å²) in [6.45, 7) is 1.11. The van der Waals surface area contributed by atoms with E-state index in [1.54, 1.807) is 12.1 Å². The summed E-state index contributed by atoms with van der Waals surface area (Å²) in [5, 5.41) is 31.6. The van der Waals surface area contributed by atoms with Gasteiger partial charge in [-0.3, -0.25) is 16.1 Å². The van der Waals surface area contributed by atoms with E-state index in [-0.39, 0.29) is 23.6 Å². The molecule has 2 unspecified atom stereocenters. The average Bonchev–Trinajstić information content (AvgIpc) is 3.15. The highest BCUT2D eigenvalue weighted by molar-refractivity contribution is 8.77. The van der Waals surface area contributed by atoms with Crippen LogP contribution in [0.25, 0.3) is 0 Å². The van der Waals surface area contributed by atoms with Crippen molar-refractivity contribution in [3.63, 3.8) is 0 Å². The van der Waals surface area contributed by atoms with Gasteiger partial charge >= 0.3 is 0 Å². The van der Waals surface area contributed by atoms with E-state index in [1.807, 2.05) is 21.6 Å². The number of phenolic OH excluding ortho intramolecular Hbond substituents is 1. The minimum atomic E-state index is -0.660. The van der Waals surface area contributed by atoms with Crippen LogP contribution in [-0.4, -0.2) is 51.7 Å². The Kier molecular flexibility index (Phi) is 10.6. The number of aromatic hydroxyl groups is 1. The zero-order chi connectivity index (χ0) is 19.5. The number of hydrogen-bond acceptors (Lipinski definition) is 10. The molecule has 154 valence electrons. The standard InChI is InChI=1S/C17H29N3O5S2/c18-12-24-16-10-13(5-6-15(16)21)17(25-20(22)23)11-19-8-3-1-2-4-14-7-9-26-27-14/h5-6,10,14,17,19,21-23H,1-4,7-9,11-12,18H2. The van der Waals surface area contributed by atoms with E-state index in [4.69, 9.17) is 25.7 Å². The zero-order valence-corrected chi connectivity index (χ0v) is 16.9. The molecule has 0 radical (unpaired) electrons. The van der Waals surface area contributed by atoms with Gasteiger partial charge in [0.15, 0.2) is 11.5 Å². The van der Waals surface area contributed by atoms with E-state index < -0.39 is 6.10 Å². The molecule has 1 aromatic rings. The number of phenols is 1. The summed E-state index contributed by atoms with van der Waals surface area (Å²) in [6.07, 6.45) is 5.40. The fraction of sp³-hybridized carbons (Fsp3) is 0.647. The quantitative estimate of drug-likeness (QED) is 0.141. The summed E-state index contributed by atoms with van der Waals surface area (Å²) in [4.78, 5) is 5.01. The van der Waals surface area contributed by atoms with Crippen LogP contribution in [0.3, 0.4) is 0 Å². The predicted molar refractivity (Wildman–Crippen MR) is 107 cm³/mol. The van der Waals surface area contributed by atoms with Crippen LogP contribution in [0.1, 0.15) is 43.8 Å². The second-order valence-electron chi connectivity index (χ2n) is 6.27. The molecular weight excluding hydrogens is 390 g/mol. The molecule has 27 heavy (non-hydrogen) atoms. The number of rotatable bonds is 13. The van der Waals surface area contributed by atoms with Crippen molar-refractivity contribution in [2.75, 3.05) is 25.6 Å². The van der Waals surface area contributed by atoms with E-state index >= 15 is 0 Å². The van der Waals surface area contributed by atoms with Crippen LogP contribution >= 0.6 is 21.6 Å². The fourth-order valence-electron chi connectivity index (χ4n) is 2.86. The van der Waals surface area contributed by atoms with Crippen molar-refractivity contribution in [3.8, 4) is 11.5 Å². The molecule has 10 heteroatoms. The number of nitrogens with two attached hydrogens (primary N) is 1. The van der Waals surface area contributed by atoms with Crippen LogP contribution in [0.4, 0.5) is 0 Å². The summed E-state index contributed by atoms with van der Waals surface area (Å²) in [5.41, 5.74) is 5.96. The number of unbranched alkanes of at least 4 members (excludes halogenated alkanes) is 2. The number of hydrogen-bond donors (Lipinski definition) is 5. The normalized spacial score (nSPS) is 18.1. The van der Waals surface area contributed by atoms with E-state index in [0.717, 1.165) is 18.2 Å². The Hall–Kier alpha value is -0.720. The van der Waals surface area contributed by atoms with Gasteiger partial charge in [-0.25, -0.2) is 4.84 Å². The second-order valence-corrected chi connectivity index (χ2v) is 9.05. The van der Waals surface area contributed by atoms with Crippen LogP contribution < -0.4 is 15.8 Å². The van der Waals surface area contributed by atoms with E-state index in [2.05, 4.69) is 5.32 Å². The molecule has 1 aliphatic heterocycles. The summed E-state index contributed by atoms with van der Waals surface area (Å²) < 4.78 is 5.15. The second kappa shape index (κ2) is 12.7. The molecule has 1 saturated heterocycles. The van der Waals surface area contributed by atoms with Gasteiger partial charge in [0.2, 0.25) is 0 Å². The van der Waals surface area contributed by atoms with E-state index in [9.17, 15) is 5.11 Å². The average molecular weight is 420 g/mol. The molecule has 0 aromatic heterocycles. The van der Waals surface area contributed by atoms with Gasteiger partial charge in [-0.2, -0.15) is 0 Å². The maximum atomic E-state index is 9.76. The third kappa shape index (κ3) is 8.44. The van der Waals surface area contributed by atoms with Crippen LogP contribution in [0.5, 0.6) is 11.5 Å². The highest BCUT2D eigenvalue weighted by Crippen LogP contribution is 2.39. The molecule has 0 amide bonds. The molecule has 1 fully saturated rings. The van der Waals surface area contributed by atoms with E-state index in [0.29, 0.717) is 12.1 Å². The first-order chi connectivity index (χ1) is 13.1. The Morgan fingerprint density at radius 2 is 2.15 bits per heavy atom. The fourth-order valence-corrected chi connectivity index (χ4v) is 5.89. The van der Waals surface area contributed by atoms with Gasteiger partial charge in [-0.1, -0.05) is 40.5 Å². The van der Waals surface area contributed by atoms with Gasteiger partial charge in [0.05, 0.1) is 5.39 Å². The monoisotopic (exact) mass is 419 g/mol. The molecule has 1 aromatic carbocycles. The number of ether oxygens (including phenoxy) is 1. The third-order valence-corrected chi connectivity index (χ3v) is 7.26. The molecule has 0 aliphatic carbocycles. The van der Waals surface area contributed by atoms with Gasteiger partial charge < -0.3 is 15.2 Å². The van der Waals surface area contributed by atoms with Crippen LogP contribution in [0.15, 0.2) is 18.2 Å². The molecule has 2 rings (SSSR count). The first-order valence-electron chi connectivity index (χ1n) is 9.09. The molecule has 1 heterocycles. The van der Waals surface area contributed by atoms with Crippen molar-refractivity contribution in [2.45, 2.75) is 43.5 Å². The number of nitrogens with zero attached hydrogens (tertiary/aromatic N) is 1. The molecule has 1 aliphatic rings. The third-order valence-electron chi connectivity index (χ3n) is 4.25. The van der Waals surface area contributed by atoms with Gasteiger partial charge in [-0.05, 0) is 43.5 Å². The lowest BCUT2D eigenvalue weighted by atomic mass is 10.1. The summed E-state index contributed by atoms with van der Waals surface area (Å²) in [7, 11) is 4.00. The molecule has 8 nitrogen and oxygen atoms in total. The van der Waals surface area contributed by atoms with Gasteiger partial charge in [0.1, 0.15) is 12.8 Å². The SMILES string of the molecule is NCOc1cc(C(CNCCCCCC2CCSS2)ON(O)O)ccc1O. The van der Waals surface area contributed by atoms with Gasteiger partial charge in [-0.15, -0.1) is 0 Å². The van der Waals surface area contributed by atoms with Crippen molar-refractivity contribution < 1.29 is 25.1 Å². The van der Waals surface area contributed by atoms with Crippen molar-refractivity contribution in [2.24, 2.45) is 5.73 Å². The first kappa shape index (κ1) is 22.6. The van der Waals surface area contributed by atoms with Gasteiger partial charge in [0, 0.05) is 17.5 Å². The summed E-state index contributed by atoms with van der Waals surface area (Å²) in [5.74, 6) is 1.45. The van der Waals surface area contributed by atoms with Crippen LogP contribution in [-0.2, 0) is 4.84 Å². The predicted octanol–water partition coefficient (Wildman–Crippen LogP) is 3.04. The smallest absolute Gasteiger partial charge is 0.163 e. The highest BCUT2D eigenvalue weighted by Gasteiger charge is 2.18. The Balaban J connectivity index is 1.74. The van der Waals surface area contributed by atoms with Crippen molar-refractivity contribution in [1.82, 2.24) is 10.7 Å². The molecule has 0 spiro atoms. The Morgan fingerprint density at radius 1 is 1.30 bits per heavy atom. The lowest BCUT2D eigenvalue weighted by molar-refractivity contribution is -0.506. The molecule has 0 bridgehead atoms. The van der Waals surface area contributed by atoms with Crippen molar-refractivity contribution in [1.29, 1.82) is 0 Å². The molecule has 0 saturated carbocycles. The van der Waals surface area contributed by atoms with E-state index in [1.165, 1.54) is 37.5 Å². The maximum Gasteiger partial charge on any atom is 0.163 e. The minimum absolute atomic E-state index is 0.0420. The highest BCUT2D eigenvalue weighted by atomic mass is 33.1. The lowest BCUT2D eigenvalue weighted by Crippen LogP contribution is -2.28. The topological polar surface area (TPSA) is 120 Å². The number of benzene rings is 1. The minimum Gasteiger partial charge on any atom is -0.504 e. The van der Waals surface area contributed by atoms with Crippen LogP contribution in [0, 0.1) is 0 Å². The Labute approximate surface area is 167 Å². The zero-order valence-electron chi connectivity index (χ0n) is 15.2. The largest absolute Gasteiger partial charge is 0.504 e. The lowest BCUT2D eigenvalue weighted by Gasteiger charge is -2.20. The Bertz CT molecular complexity index is 547. The van der Waals surface area contributed by atoms with Crippen molar-refractivity contribution in [3.05, 3.63) is 23.8 Å².